The summed E-state index contributed by atoms with van der Waals surface area (Å²) >= 11 is 2.78. The molecule has 0 spiro atoms. The van der Waals surface area contributed by atoms with Crippen LogP contribution in [-0.4, -0.2) is 23.9 Å². The van der Waals surface area contributed by atoms with Crippen LogP contribution in [-0.2, 0) is 9.53 Å². The molecule has 9 heteroatoms. The summed E-state index contributed by atoms with van der Waals surface area (Å²) in [6.45, 7) is 2.16. The predicted octanol–water partition coefficient (Wildman–Crippen LogP) is 3.73. The smallest absolute Gasteiger partial charge is 0.338 e. The minimum atomic E-state index is -0.644. The lowest BCUT2D eigenvalue weighted by Gasteiger charge is -2.24. The van der Waals surface area contributed by atoms with Gasteiger partial charge in [0.05, 0.1) is 22.4 Å². The van der Waals surface area contributed by atoms with E-state index in [1.807, 2.05) is 72.1 Å². The number of carbonyl (C=O) groups excluding carboxylic acids is 1. The van der Waals surface area contributed by atoms with Gasteiger partial charge in [0.15, 0.2) is 16.3 Å². The Morgan fingerprint density at radius 3 is 2.75 bits per heavy atom. The second kappa shape index (κ2) is 9.25. The quantitative estimate of drug-likeness (QED) is 0.378. The third-order valence-corrected chi connectivity index (χ3v) is 7.79. The molecule has 7 nitrogen and oxygen atoms in total. The molecule has 180 valence electrons. The molecule has 1 unspecified atom stereocenters. The van der Waals surface area contributed by atoms with Crippen LogP contribution in [0.1, 0.15) is 29.0 Å². The largest absolute Gasteiger partial charge is 0.463 e. The van der Waals surface area contributed by atoms with E-state index in [1.54, 1.807) is 11.5 Å². The molecule has 0 fully saturated rings. The lowest BCUT2D eigenvalue weighted by Crippen LogP contribution is -2.39. The van der Waals surface area contributed by atoms with Gasteiger partial charge in [-0.15, -0.1) is 11.3 Å². The van der Waals surface area contributed by atoms with Gasteiger partial charge in [0.2, 0.25) is 6.79 Å². The topological polar surface area (TPSA) is 79.1 Å². The van der Waals surface area contributed by atoms with Crippen molar-refractivity contribution < 1.29 is 19.0 Å². The van der Waals surface area contributed by atoms with Crippen molar-refractivity contribution in [3.63, 3.8) is 0 Å². The summed E-state index contributed by atoms with van der Waals surface area (Å²) in [5.74, 6) is 0.838. The van der Waals surface area contributed by atoms with Gasteiger partial charge in [-0.25, -0.2) is 9.79 Å². The molecule has 0 saturated heterocycles. The van der Waals surface area contributed by atoms with Crippen molar-refractivity contribution in [2.24, 2.45) is 4.99 Å². The molecule has 0 saturated carbocycles. The Morgan fingerprint density at radius 2 is 1.97 bits per heavy atom. The molecule has 2 aliphatic rings. The van der Waals surface area contributed by atoms with Gasteiger partial charge in [-0.1, -0.05) is 53.8 Å². The molecule has 0 radical (unpaired) electrons. The first-order valence-electron chi connectivity index (χ1n) is 11.4. The number of thiazole rings is 1. The van der Waals surface area contributed by atoms with Crippen LogP contribution in [0.4, 0.5) is 0 Å². The van der Waals surface area contributed by atoms with E-state index in [-0.39, 0.29) is 19.0 Å². The molecular weight excluding hydrogens is 496 g/mol. The molecule has 0 aliphatic carbocycles. The van der Waals surface area contributed by atoms with E-state index in [0.29, 0.717) is 32.1 Å². The van der Waals surface area contributed by atoms with E-state index < -0.39 is 12.0 Å². The lowest BCUT2D eigenvalue weighted by atomic mass is 9.97. The van der Waals surface area contributed by atoms with Crippen LogP contribution in [0.5, 0.6) is 11.5 Å². The highest BCUT2D eigenvalue weighted by Crippen LogP contribution is 2.37. The van der Waals surface area contributed by atoms with Crippen LogP contribution in [0, 0.1) is 0 Å². The Bertz CT molecular complexity index is 1670. The summed E-state index contributed by atoms with van der Waals surface area (Å²) in [4.78, 5) is 33.3. The monoisotopic (exact) mass is 516 g/mol. The first kappa shape index (κ1) is 22.5. The van der Waals surface area contributed by atoms with Crippen LogP contribution in [0.2, 0.25) is 0 Å². The highest BCUT2D eigenvalue weighted by Gasteiger charge is 2.35. The van der Waals surface area contributed by atoms with Crippen molar-refractivity contribution in [3.05, 3.63) is 107 Å². The van der Waals surface area contributed by atoms with Crippen molar-refractivity contribution in [3.8, 4) is 11.5 Å². The number of carbonyl (C=O) groups is 1. The molecular formula is C27H20N2O5S2. The molecule has 0 bridgehead atoms. The maximum absolute atomic E-state index is 13.8. The number of aromatic nitrogens is 1. The van der Waals surface area contributed by atoms with E-state index in [1.165, 1.54) is 22.7 Å². The minimum Gasteiger partial charge on any atom is -0.463 e. The molecule has 2 aliphatic heterocycles. The number of fused-ring (bicyclic) bond motifs is 2. The Balaban J connectivity index is 1.60. The Kier molecular flexibility index (Phi) is 5.79. The molecule has 36 heavy (non-hydrogen) atoms. The second-order valence-corrected chi connectivity index (χ2v) is 10.0. The van der Waals surface area contributed by atoms with Crippen molar-refractivity contribution in [1.82, 2.24) is 4.57 Å². The minimum absolute atomic E-state index is 0.181. The van der Waals surface area contributed by atoms with Crippen molar-refractivity contribution in [2.45, 2.75) is 13.0 Å². The first-order valence-corrected chi connectivity index (χ1v) is 13.0. The average Bonchev–Trinajstić information content (AvgIpc) is 3.65. The number of benzene rings is 2. The predicted molar refractivity (Wildman–Crippen MR) is 138 cm³/mol. The van der Waals surface area contributed by atoms with Crippen LogP contribution in [0.15, 0.2) is 81.4 Å². The molecule has 0 amide bonds. The number of nitrogens with zero attached hydrogens (tertiary/aromatic N) is 2. The fourth-order valence-electron chi connectivity index (χ4n) is 4.31. The van der Waals surface area contributed by atoms with Gasteiger partial charge in [0.1, 0.15) is 6.04 Å². The van der Waals surface area contributed by atoms with Gasteiger partial charge >= 0.3 is 5.97 Å². The molecule has 2 aromatic heterocycles. The molecule has 1 atom stereocenters. The molecule has 0 N–H and O–H groups in total. The summed E-state index contributed by atoms with van der Waals surface area (Å²) in [6.07, 6.45) is 1.81. The van der Waals surface area contributed by atoms with E-state index in [0.717, 1.165) is 16.0 Å². The van der Waals surface area contributed by atoms with Crippen LogP contribution < -0.4 is 24.4 Å². The fraction of sp³-hybridized carbons (Fsp3) is 0.148. The normalized spacial score (nSPS) is 16.6. The van der Waals surface area contributed by atoms with Crippen molar-refractivity contribution in [1.29, 1.82) is 0 Å². The third kappa shape index (κ3) is 3.86. The van der Waals surface area contributed by atoms with Gasteiger partial charge in [0, 0.05) is 10.4 Å². The SMILES string of the molecule is CCOC(=O)C1=C(c2ccccc2)N=c2s/c(=C\c3ccc4c(c3)OCO4)c(=O)n2C1c1cccs1. The van der Waals surface area contributed by atoms with E-state index in [2.05, 4.69) is 0 Å². The van der Waals surface area contributed by atoms with Crippen LogP contribution >= 0.6 is 22.7 Å². The van der Waals surface area contributed by atoms with E-state index in [4.69, 9.17) is 19.2 Å². The molecule has 4 aromatic rings. The highest BCUT2D eigenvalue weighted by atomic mass is 32.1. The summed E-state index contributed by atoms with van der Waals surface area (Å²) in [7, 11) is 0. The van der Waals surface area contributed by atoms with Gasteiger partial charge in [-0.05, 0) is 42.1 Å². The molecule has 2 aromatic carbocycles. The zero-order valence-corrected chi connectivity index (χ0v) is 20.8. The van der Waals surface area contributed by atoms with Crippen molar-refractivity contribution >= 4 is 40.4 Å². The number of hydrogen-bond donors (Lipinski definition) is 0. The van der Waals surface area contributed by atoms with Crippen LogP contribution in [0.25, 0.3) is 11.8 Å². The fourth-order valence-corrected chi connectivity index (χ4v) is 6.14. The standard InChI is InChI=1S/C27H20N2O5S2/c1-2-32-26(31)22-23(17-7-4-3-5-8-17)28-27-29(24(22)20-9-6-12-35-20)25(30)21(36-27)14-16-10-11-18-19(13-16)34-15-33-18/h3-14,24H,2,15H2,1H3/b21-14-. The summed E-state index contributed by atoms with van der Waals surface area (Å²) < 4.78 is 18.5. The zero-order valence-electron chi connectivity index (χ0n) is 19.2. The Morgan fingerprint density at radius 1 is 1.14 bits per heavy atom. The number of esters is 1. The number of ether oxygens (including phenoxy) is 3. The Hall–Kier alpha value is -3.95. The summed E-state index contributed by atoms with van der Waals surface area (Å²) in [5, 5.41) is 1.93. The maximum atomic E-state index is 13.8. The lowest BCUT2D eigenvalue weighted by molar-refractivity contribution is -0.138. The highest BCUT2D eigenvalue weighted by molar-refractivity contribution is 7.10. The molecule has 4 heterocycles. The van der Waals surface area contributed by atoms with Gasteiger partial charge in [-0.3, -0.25) is 9.36 Å². The molecule has 6 rings (SSSR count). The van der Waals surface area contributed by atoms with Gasteiger partial charge in [0.25, 0.3) is 5.56 Å². The summed E-state index contributed by atoms with van der Waals surface area (Å²) in [5.41, 5.74) is 2.25. The van der Waals surface area contributed by atoms with E-state index in [9.17, 15) is 9.59 Å². The van der Waals surface area contributed by atoms with E-state index >= 15 is 0 Å². The number of hydrogen-bond acceptors (Lipinski definition) is 8. The third-order valence-electron chi connectivity index (χ3n) is 5.88. The first-order chi connectivity index (χ1) is 17.6. The summed E-state index contributed by atoms with van der Waals surface area (Å²) in [6, 6.07) is 18.3. The maximum Gasteiger partial charge on any atom is 0.338 e. The number of rotatable bonds is 5. The Labute approximate surface area is 213 Å². The average molecular weight is 517 g/mol. The van der Waals surface area contributed by atoms with Gasteiger partial charge < -0.3 is 14.2 Å². The van der Waals surface area contributed by atoms with Crippen molar-refractivity contribution in [2.75, 3.05) is 13.4 Å². The van der Waals surface area contributed by atoms with Crippen LogP contribution in [0.3, 0.4) is 0 Å². The van der Waals surface area contributed by atoms with Gasteiger partial charge in [-0.2, -0.15) is 0 Å². The number of thiophene rings is 1. The second-order valence-electron chi connectivity index (χ2n) is 8.06. The zero-order chi connectivity index (χ0) is 24.6.